The van der Waals surface area contributed by atoms with Crippen molar-refractivity contribution in [3.05, 3.63) is 48.0 Å². The van der Waals surface area contributed by atoms with Crippen LogP contribution < -0.4 is 0 Å². The number of hydrogen-bond donors (Lipinski definition) is 0. The number of ketones is 1. The number of carbonyl (C=O) groups excluding carboxylic acids is 1. The molecule has 20 heavy (non-hydrogen) atoms. The highest BCUT2D eigenvalue weighted by atomic mass is 16.1. The predicted molar refractivity (Wildman–Crippen MR) is 76.4 cm³/mol. The largest absolute Gasteiger partial charge is 0.298 e. The molecule has 1 saturated carbocycles. The minimum atomic E-state index is -0.286. The molecule has 1 aromatic heterocycles. The normalized spacial score (nSPS) is 16.6. The fourth-order valence-electron chi connectivity index (χ4n) is 3.02. The Bertz CT molecular complexity index is 599. The van der Waals surface area contributed by atoms with Gasteiger partial charge in [-0.25, -0.2) is 9.67 Å². The molecule has 0 amide bonds. The van der Waals surface area contributed by atoms with Crippen molar-refractivity contribution >= 4 is 5.78 Å². The SMILES string of the molecule is CCn1ncnc1CC(=O)C1(c2ccccc2)CCC1. The van der Waals surface area contributed by atoms with E-state index in [2.05, 4.69) is 22.2 Å². The number of Topliss-reactive ketones (excluding diaryl/α,β-unsaturated/α-hetero) is 1. The van der Waals surface area contributed by atoms with Gasteiger partial charge in [-0.3, -0.25) is 4.79 Å². The first kappa shape index (κ1) is 13.0. The molecular formula is C16H19N3O. The van der Waals surface area contributed by atoms with Gasteiger partial charge in [0.1, 0.15) is 12.2 Å². The first-order valence-electron chi connectivity index (χ1n) is 7.22. The highest BCUT2D eigenvalue weighted by Gasteiger charge is 2.45. The highest BCUT2D eigenvalue weighted by molar-refractivity contribution is 5.92. The zero-order valence-electron chi connectivity index (χ0n) is 11.7. The number of hydrogen-bond acceptors (Lipinski definition) is 3. The van der Waals surface area contributed by atoms with Gasteiger partial charge < -0.3 is 0 Å². The third kappa shape index (κ3) is 2.05. The lowest BCUT2D eigenvalue weighted by molar-refractivity contribution is -0.127. The molecule has 3 rings (SSSR count). The lowest BCUT2D eigenvalue weighted by Gasteiger charge is -2.41. The van der Waals surface area contributed by atoms with Gasteiger partial charge in [0, 0.05) is 6.54 Å². The number of nitrogens with zero attached hydrogens (tertiary/aromatic N) is 3. The summed E-state index contributed by atoms with van der Waals surface area (Å²) in [6, 6.07) is 10.2. The van der Waals surface area contributed by atoms with Gasteiger partial charge in [0.25, 0.3) is 0 Å². The molecule has 0 atom stereocenters. The predicted octanol–water partition coefficient (Wildman–Crippen LogP) is 2.53. The van der Waals surface area contributed by atoms with Crippen LogP contribution >= 0.6 is 0 Å². The summed E-state index contributed by atoms with van der Waals surface area (Å²) in [4.78, 5) is 17.0. The molecule has 0 spiro atoms. The second kappa shape index (κ2) is 5.19. The van der Waals surface area contributed by atoms with Crippen molar-refractivity contribution in [2.24, 2.45) is 0 Å². The van der Waals surface area contributed by atoms with E-state index in [-0.39, 0.29) is 11.2 Å². The molecule has 1 heterocycles. The van der Waals surface area contributed by atoms with Crippen LogP contribution in [0.4, 0.5) is 0 Å². The second-order valence-electron chi connectivity index (χ2n) is 5.39. The Hall–Kier alpha value is -1.97. The van der Waals surface area contributed by atoms with E-state index in [1.54, 1.807) is 4.68 Å². The van der Waals surface area contributed by atoms with E-state index >= 15 is 0 Å². The molecule has 0 bridgehead atoms. The summed E-state index contributed by atoms with van der Waals surface area (Å²) in [5.74, 6) is 1.05. The molecule has 1 aliphatic carbocycles. The molecule has 0 aliphatic heterocycles. The molecule has 104 valence electrons. The van der Waals surface area contributed by atoms with Crippen LogP contribution in [-0.2, 0) is 23.2 Å². The number of aryl methyl sites for hydroxylation is 1. The van der Waals surface area contributed by atoms with E-state index in [4.69, 9.17) is 0 Å². The average Bonchev–Trinajstić information content (AvgIpc) is 2.86. The molecular weight excluding hydrogens is 250 g/mol. The Morgan fingerprint density at radius 1 is 1.30 bits per heavy atom. The van der Waals surface area contributed by atoms with Crippen LogP contribution in [0.5, 0.6) is 0 Å². The minimum absolute atomic E-state index is 0.276. The van der Waals surface area contributed by atoms with Crippen LogP contribution in [0.2, 0.25) is 0 Å². The van der Waals surface area contributed by atoms with Crippen molar-refractivity contribution in [2.75, 3.05) is 0 Å². The van der Waals surface area contributed by atoms with Gasteiger partial charge >= 0.3 is 0 Å². The van der Waals surface area contributed by atoms with Crippen molar-refractivity contribution in [3.8, 4) is 0 Å². The van der Waals surface area contributed by atoms with E-state index in [1.807, 2.05) is 25.1 Å². The van der Waals surface area contributed by atoms with Crippen LogP contribution in [0, 0.1) is 0 Å². The van der Waals surface area contributed by atoms with Crippen LogP contribution in [0.15, 0.2) is 36.7 Å². The van der Waals surface area contributed by atoms with Crippen LogP contribution in [-0.4, -0.2) is 20.5 Å². The average molecular weight is 269 g/mol. The number of benzene rings is 1. The third-order valence-corrected chi connectivity index (χ3v) is 4.38. The van der Waals surface area contributed by atoms with Gasteiger partial charge in [-0.1, -0.05) is 36.8 Å². The fourth-order valence-corrected chi connectivity index (χ4v) is 3.02. The van der Waals surface area contributed by atoms with Gasteiger partial charge in [-0.2, -0.15) is 5.10 Å². The summed E-state index contributed by atoms with van der Waals surface area (Å²) in [5.41, 5.74) is 0.866. The summed E-state index contributed by atoms with van der Waals surface area (Å²) >= 11 is 0. The number of aromatic nitrogens is 3. The molecule has 1 aromatic carbocycles. The standard InChI is InChI=1S/C16H19N3O/c1-2-19-15(17-12-18-19)11-14(20)16(9-6-10-16)13-7-4-3-5-8-13/h3-5,7-8,12H,2,6,9-11H2,1H3. The first-order chi connectivity index (χ1) is 9.76. The highest BCUT2D eigenvalue weighted by Crippen LogP contribution is 2.44. The molecule has 1 fully saturated rings. The smallest absolute Gasteiger partial charge is 0.150 e. The summed E-state index contributed by atoms with van der Waals surface area (Å²) in [7, 11) is 0. The monoisotopic (exact) mass is 269 g/mol. The lowest BCUT2D eigenvalue weighted by Crippen LogP contribution is -2.43. The van der Waals surface area contributed by atoms with Crippen molar-refractivity contribution in [1.29, 1.82) is 0 Å². The zero-order chi connectivity index (χ0) is 14.0. The van der Waals surface area contributed by atoms with Crippen molar-refractivity contribution in [1.82, 2.24) is 14.8 Å². The molecule has 0 saturated heterocycles. The van der Waals surface area contributed by atoms with E-state index in [0.29, 0.717) is 6.42 Å². The van der Waals surface area contributed by atoms with Gasteiger partial charge in [0.05, 0.1) is 11.8 Å². The van der Waals surface area contributed by atoms with E-state index in [1.165, 1.54) is 6.33 Å². The Morgan fingerprint density at radius 2 is 2.05 bits per heavy atom. The maximum atomic E-state index is 12.8. The molecule has 4 heteroatoms. The van der Waals surface area contributed by atoms with Crippen molar-refractivity contribution < 1.29 is 4.79 Å². The molecule has 4 nitrogen and oxygen atoms in total. The maximum Gasteiger partial charge on any atom is 0.150 e. The van der Waals surface area contributed by atoms with E-state index < -0.39 is 0 Å². The van der Waals surface area contributed by atoms with Crippen LogP contribution in [0.1, 0.15) is 37.6 Å². The van der Waals surface area contributed by atoms with Gasteiger partial charge in [0.15, 0.2) is 5.78 Å². The zero-order valence-corrected chi connectivity index (χ0v) is 11.7. The van der Waals surface area contributed by atoms with E-state index in [0.717, 1.165) is 37.2 Å². The van der Waals surface area contributed by atoms with Crippen molar-refractivity contribution in [3.63, 3.8) is 0 Å². The summed E-state index contributed by atoms with van der Waals surface area (Å²) in [6.07, 6.45) is 4.94. The van der Waals surface area contributed by atoms with Crippen LogP contribution in [0.25, 0.3) is 0 Å². The number of rotatable bonds is 5. The quantitative estimate of drug-likeness (QED) is 0.838. The Morgan fingerprint density at radius 3 is 2.65 bits per heavy atom. The summed E-state index contributed by atoms with van der Waals surface area (Å²) < 4.78 is 1.80. The summed E-state index contributed by atoms with van der Waals surface area (Å²) in [5, 5.41) is 4.14. The second-order valence-corrected chi connectivity index (χ2v) is 5.39. The van der Waals surface area contributed by atoms with Gasteiger partial charge in [-0.15, -0.1) is 0 Å². The van der Waals surface area contributed by atoms with Crippen LogP contribution in [0.3, 0.4) is 0 Å². The fraction of sp³-hybridized carbons (Fsp3) is 0.438. The summed E-state index contributed by atoms with van der Waals surface area (Å²) in [6.45, 7) is 2.76. The topological polar surface area (TPSA) is 47.8 Å². The van der Waals surface area contributed by atoms with E-state index in [9.17, 15) is 4.79 Å². The molecule has 2 aromatic rings. The van der Waals surface area contributed by atoms with Crippen molar-refractivity contribution in [2.45, 2.75) is 44.6 Å². The first-order valence-corrected chi connectivity index (χ1v) is 7.22. The number of carbonyl (C=O) groups is 1. The Kier molecular flexibility index (Phi) is 3.38. The maximum absolute atomic E-state index is 12.8. The van der Waals surface area contributed by atoms with Gasteiger partial charge in [-0.05, 0) is 25.3 Å². The minimum Gasteiger partial charge on any atom is -0.298 e. The molecule has 0 unspecified atom stereocenters. The molecule has 1 aliphatic rings. The molecule has 0 N–H and O–H groups in total. The Labute approximate surface area is 118 Å². The lowest BCUT2D eigenvalue weighted by atomic mass is 9.61. The molecule has 0 radical (unpaired) electrons. The third-order valence-electron chi connectivity index (χ3n) is 4.38. The Balaban J connectivity index is 1.85. The van der Waals surface area contributed by atoms with Gasteiger partial charge in [0.2, 0.25) is 0 Å².